The van der Waals surface area contributed by atoms with E-state index in [2.05, 4.69) is 52.2 Å². The molecule has 0 unspecified atom stereocenters. The molecule has 1 aromatic heterocycles. The van der Waals surface area contributed by atoms with E-state index in [1.165, 1.54) is 24.8 Å². The molecule has 2 nitrogen and oxygen atoms in total. The zero-order chi connectivity index (χ0) is 15.9. The smallest absolute Gasteiger partial charge is 0.138 e. The van der Waals surface area contributed by atoms with Gasteiger partial charge in [-0.3, -0.25) is 4.72 Å². The number of nitrogens with one attached hydrogen (secondary N) is 1. The SMILES string of the molecule is CC(C)(C)SNCc1cn(C2CCC2)c2cc(Br)c(F)cc12. The molecule has 0 amide bonds. The number of rotatable bonds is 4. The molecule has 2 aromatic rings. The Balaban J connectivity index is 1.93. The maximum atomic E-state index is 14.0. The fourth-order valence-electron chi connectivity index (χ4n) is 2.75. The van der Waals surface area contributed by atoms with Crippen molar-refractivity contribution in [3.05, 3.63) is 34.2 Å². The topological polar surface area (TPSA) is 17.0 Å². The summed E-state index contributed by atoms with van der Waals surface area (Å²) < 4.78 is 20.4. The first-order chi connectivity index (χ1) is 10.3. The van der Waals surface area contributed by atoms with Crippen molar-refractivity contribution < 1.29 is 4.39 Å². The van der Waals surface area contributed by atoms with Crippen LogP contribution in [0.3, 0.4) is 0 Å². The second-order valence-electron chi connectivity index (χ2n) is 6.97. The van der Waals surface area contributed by atoms with Crippen LogP contribution in [0.5, 0.6) is 0 Å². The Morgan fingerprint density at radius 1 is 1.36 bits per heavy atom. The van der Waals surface area contributed by atoms with E-state index in [9.17, 15) is 4.39 Å². The van der Waals surface area contributed by atoms with E-state index >= 15 is 0 Å². The first-order valence-electron chi connectivity index (χ1n) is 7.74. The van der Waals surface area contributed by atoms with Crippen LogP contribution in [0, 0.1) is 5.82 Å². The van der Waals surface area contributed by atoms with Gasteiger partial charge in [0.1, 0.15) is 5.82 Å². The lowest BCUT2D eigenvalue weighted by atomic mass is 9.93. The van der Waals surface area contributed by atoms with Gasteiger partial charge in [-0.2, -0.15) is 0 Å². The van der Waals surface area contributed by atoms with E-state index in [0.717, 1.165) is 17.4 Å². The number of benzene rings is 1. The van der Waals surface area contributed by atoms with Crippen LogP contribution in [0.1, 0.15) is 51.6 Å². The summed E-state index contributed by atoms with van der Waals surface area (Å²) in [4.78, 5) is 0. The molecule has 3 rings (SSSR count). The second-order valence-corrected chi connectivity index (χ2v) is 9.54. The van der Waals surface area contributed by atoms with Crippen LogP contribution >= 0.6 is 27.9 Å². The normalized spacial score (nSPS) is 16.2. The summed E-state index contributed by atoms with van der Waals surface area (Å²) in [5.74, 6) is -0.191. The summed E-state index contributed by atoms with van der Waals surface area (Å²) in [5.41, 5.74) is 2.31. The monoisotopic (exact) mass is 384 g/mol. The standard InChI is InChI=1S/C17H22BrFN2S/c1-17(2,3)22-20-9-11-10-21(12-5-4-6-12)16-8-14(18)15(19)7-13(11)16/h7-8,10,12,20H,4-6,9H2,1-3H3. The Morgan fingerprint density at radius 3 is 2.68 bits per heavy atom. The predicted molar refractivity (Wildman–Crippen MR) is 96.7 cm³/mol. The average Bonchev–Trinajstić information content (AvgIpc) is 2.65. The fourth-order valence-corrected chi connectivity index (χ4v) is 3.74. The average molecular weight is 385 g/mol. The van der Waals surface area contributed by atoms with Crippen molar-refractivity contribution in [2.75, 3.05) is 0 Å². The van der Waals surface area contributed by atoms with Gasteiger partial charge in [-0.05, 0) is 73.7 Å². The van der Waals surface area contributed by atoms with Gasteiger partial charge in [0.05, 0.1) is 4.47 Å². The summed E-state index contributed by atoms with van der Waals surface area (Å²) in [6, 6.07) is 4.15. The van der Waals surface area contributed by atoms with E-state index < -0.39 is 0 Å². The van der Waals surface area contributed by atoms with E-state index in [1.54, 1.807) is 18.0 Å². The number of halogens is 2. The second kappa shape index (κ2) is 6.17. The molecule has 1 aliphatic carbocycles. The highest BCUT2D eigenvalue weighted by molar-refractivity contribution is 9.10. The Hall–Kier alpha value is -0.520. The number of hydrogen-bond acceptors (Lipinski definition) is 2. The zero-order valence-electron chi connectivity index (χ0n) is 13.2. The molecule has 1 saturated carbocycles. The molecule has 22 heavy (non-hydrogen) atoms. The van der Waals surface area contributed by atoms with Crippen molar-refractivity contribution in [2.45, 2.75) is 57.4 Å². The molecule has 5 heteroatoms. The number of hydrogen-bond donors (Lipinski definition) is 1. The van der Waals surface area contributed by atoms with Crippen molar-refractivity contribution in [1.82, 2.24) is 9.29 Å². The van der Waals surface area contributed by atoms with Crippen molar-refractivity contribution in [3.63, 3.8) is 0 Å². The van der Waals surface area contributed by atoms with Crippen LogP contribution in [-0.2, 0) is 6.54 Å². The molecule has 1 fully saturated rings. The van der Waals surface area contributed by atoms with Crippen molar-refractivity contribution in [2.24, 2.45) is 0 Å². The minimum atomic E-state index is -0.191. The predicted octanol–water partition coefficient (Wildman–Crippen LogP) is 5.80. The van der Waals surface area contributed by atoms with Gasteiger partial charge in [0, 0.05) is 34.4 Å². The molecule has 0 spiro atoms. The number of fused-ring (bicyclic) bond motifs is 1. The van der Waals surface area contributed by atoms with Crippen LogP contribution in [0.2, 0.25) is 0 Å². The van der Waals surface area contributed by atoms with E-state index in [0.29, 0.717) is 10.5 Å². The Morgan fingerprint density at radius 2 is 2.09 bits per heavy atom. The number of aromatic nitrogens is 1. The molecule has 0 bridgehead atoms. The first-order valence-corrected chi connectivity index (χ1v) is 9.35. The highest BCUT2D eigenvalue weighted by atomic mass is 79.9. The van der Waals surface area contributed by atoms with Crippen LogP contribution in [0.4, 0.5) is 4.39 Å². The third-order valence-electron chi connectivity index (χ3n) is 4.07. The Bertz CT molecular complexity index is 686. The largest absolute Gasteiger partial charge is 0.344 e. The van der Waals surface area contributed by atoms with Gasteiger partial charge in [0.25, 0.3) is 0 Å². The summed E-state index contributed by atoms with van der Waals surface area (Å²) in [6.45, 7) is 7.29. The van der Waals surface area contributed by atoms with E-state index in [4.69, 9.17) is 0 Å². The van der Waals surface area contributed by atoms with Crippen LogP contribution in [0.15, 0.2) is 22.8 Å². The van der Waals surface area contributed by atoms with Gasteiger partial charge in [-0.25, -0.2) is 4.39 Å². The molecule has 1 aliphatic rings. The molecule has 0 saturated heterocycles. The van der Waals surface area contributed by atoms with Crippen molar-refractivity contribution in [1.29, 1.82) is 0 Å². The van der Waals surface area contributed by atoms with Gasteiger partial charge >= 0.3 is 0 Å². The summed E-state index contributed by atoms with van der Waals surface area (Å²) in [7, 11) is 0. The van der Waals surface area contributed by atoms with Gasteiger partial charge in [0.15, 0.2) is 0 Å². The molecule has 1 N–H and O–H groups in total. The first kappa shape index (κ1) is 16.3. The molecule has 0 atom stereocenters. The van der Waals surface area contributed by atoms with E-state index in [-0.39, 0.29) is 10.6 Å². The zero-order valence-corrected chi connectivity index (χ0v) is 15.7. The minimum Gasteiger partial charge on any atom is -0.344 e. The van der Waals surface area contributed by atoms with Crippen LogP contribution in [0.25, 0.3) is 10.9 Å². The molecule has 0 aliphatic heterocycles. The lowest BCUT2D eigenvalue weighted by molar-refractivity contribution is 0.321. The highest BCUT2D eigenvalue weighted by Crippen LogP contribution is 2.37. The van der Waals surface area contributed by atoms with Gasteiger partial charge in [0.2, 0.25) is 0 Å². The molecule has 1 heterocycles. The lowest BCUT2D eigenvalue weighted by Gasteiger charge is -2.28. The minimum absolute atomic E-state index is 0.167. The molecule has 1 aromatic carbocycles. The van der Waals surface area contributed by atoms with Gasteiger partial charge < -0.3 is 4.57 Å². The molecule has 0 radical (unpaired) electrons. The van der Waals surface area contributed by atoms with Crippen molar-refractivity contribution >= 4 is 38.8 Å². The number of nitrogens with zero attached hydrogens (tertiary/aromatic N) is 1. The molecule has 120 valence electrons. The highest BCUT2D eigenvalue weighted by Gasteiger charge is 2.23. The Kier molecular flexibility index (Phi) is 4.59. The third kappa shape index (κ3) is 3.36. The molecular formula is C17H22BrFN2S. The summed E-state index contributed by atoms with van der Waals surface area (Å²) in [5, 5.41) is 1.02. The summed E-state index contributed by atoms with van der Waals surface area (Å²) in [6.07, 6.45) is 5.95. The quantitative estimate of drug-likeness (QED) is 0.670. The maximum absolute atomic E-state index is 14.0. The maximum Gasteiger partial charge on any atom is 0.138 e. The van der Waals surface area contributed by atoms with Crippen LogP contribution < -0.4 is 4.72 Å². The van der Waals surface area contributed by atoms with Crippen molar-refractivity contribution in [3.8, 4) is 0 Å². The van der Waals surface area contributed by atoms with Gasteiger partial charge in [-0.15, -0.1) is 0 Å². The third-order valence-corrected chi connectivity index (χ3v) is 5.58. The van der Waals surface area contributed by atoms with Gasteiger partial charge in [-0.1, -0.05) is 11.9 Å². The Labute approximate surface area is 144 Å². The lowest BCUT2D eigenvalue weighted by Crippen LogP contribution is -2.17. The fraction of sp³-hybridized carbons (Fsp3) is 0.529. The van der Waals surface area contributed by atoms with Crippen LogP contribution in [-0.4, -0.2) is 9.31 Å². The summed E-state index contributed by atoms with van der Waals surface area (Å²) >= 11 is 5.04. The molecular weight excluding hydrogens is 363 g/mol. The van der Waals surface area contributed by atoms with E-state index in [1.807, 2.05) is 6.07 Å².